The molecule has 2 rings (SSSR count). The van der Waals surface area contributed by atoms with E-state index in [1.807, 2.05) is 0 Å². The van der Waals surface area contributed by atoms with Crippen LogP contribution in [0.2, 0.25) is 0 Å². The summed E-state index contributed by atoms with van der Waals surface area (Å²) in [4.78, 5) is 0. The monoisotopic (exact) mass is 226 g/mol. The molecule has 1 aliphatic carbocycles. The standard InChI is InChI=1S/C14H26O2/c1-4-13(2,3)12-6-8-14(9-7-12)15-10-5-11-16-14/h12H,4-11H2,1-3H3. The summed E-state index contributed by atoms with van der Waals surface area (Å²) in [6.45, 7) is 8.89. The zero-order valence-corrected chi connectivity index (χ0v) is 11.1. The van der Waals surface area contributed by atoms with Crippen molar-refractivity contribution in [3.05, 3.63) is 0 Å². The lowest BCUT2D eigenvalue weighted by atomic mass is 9.68. The van der Waals surface area contributed by atoms with Crippen LogP contribution < -0.4 is 0 Å². The van der Waals surface area contributed by atoms with Crippen LogP contribution >= 0.6 is 0 Å². The third-order valence-corrected chi connectivity index (χ3v) is 4.78. The highest BCUT2D eigenvalue weighted by Gasteiger charge is 2.42. The third kappa shape index (κ3) is 2.43. The van der Waals surface area contributed by atoms with Gasteiger partial charge in [0.15, 0.2) is 5.79 Å². The van der Waals surface area contributed by atoms with Gasteiger partial charge in [-0.05, 0) is 30.6 Å². The molecule has 2 heteroatoms. The second-order valence-electron chi connectivity index (χ2n) is 6.08. The smallest absolute Gasteiger partial charge is 0.168 e. The van der Waals surface area contributed by atoms with E-state index in [0.29, 0.717) is 5.41 Å². The van der Waals surface area contributed by atoms with E-state index >= 15 is 0 Å². The molecule has 0 aromatic heterocycles. The molecular formula is C14H26O2. The van der Waals surface area contributed by atoms with Gasteiger partial charge in [0.1, 0.15) is 0 Å². The van der Waals surface area contributed by atoms with E-state index in [2.05, 4.69) is 20.8 Å². The molecule has 1 aliphatic heterocycles. The van der Waals surface area contributed by atoms with E-state index in [9.17, 15) is 0 Å². The molecule has 0 aromatic carbocycles. The van der Waals surface area contributed by atoms with Gasteiger partial charge in [-0.25, -0.2) is 0 Å². The maximum absolute atomic E-state index is 5.88. The van der Waals surface area contributed by atoms with E-state index in [1.54, 1.807) is 0 Å². The van der Waals surface area contributed by atoms with E-state index in [0.717, 1.165) is 38.4 Å². The van der Waals surface area contributed by atoms with Gasteiger partial charge in [0, 0.05) is 12.8 Å². The number of hydrogen-bond acceptors (Lipinski definition) is 2. The molecule has 0 amide bonds. The van der Waals surface area contributed by atoms with E-state index in [1.165, 1.54) is 19.3 Å². The van der Waals surface area contributed by atoms with Crippen molar-refractivity contribution in [2.45, 2.75) is 65.1 Å². The van der Waals surface area contributed by atoms with Crippen molar-refractivity contribution in [3.8, 4) is 0 Å². The lowest BCUT2D eigenvalue weighted by Gasteiger charge is -2.46. The van der Waals surface area contributed by atoms with Gasteiger partial charge < -0.3 is 9.47 Å². The first-order valence-corrected chi connectivity index (χ1v) is 6.86. The maximum atomic E-state index is 5.88. The van der Waals surface area contributed by atoms with Gasteiger partial charge in [-0.15, -0.1) is 0 Å². The first-order chi connectivity index (χ1) is 7.58. The predicted octanol–water partition coefficient (Wildman–Crippen LogP) is 3.75. The summed E-state index contributed by atoms with van der Waals surface area (Å²) < 4.78 is 11.8. The Bertz CT molecular complexity index is 219. The Kier molecular flexibility index (Phi) is 3.60. The Morgan fingerprint density at radius 3 is 2.19 bits per heavy atom. The minimum Gasteiger partial charge on any atom is -0.350 e. The minimum absolute atomic E-state index is 0.196. The summed E-state index contributed by atoms with van der Waals surface area (Å²) in [6, 6.07) is 0. The molecule has 16 heavy (non-hydrogen) atoms. The molecule has 0 N–H and O–H groups in total. The van der Waals surface area contributed by atoms with Crippen LogP contribution in [-0.4, -0.2) is 19.0 Å². The van der Waals surface area contributed by atoms with Crippen LogP contribution in [0.5, 0.6) is 0 Å². The van der Waals surface area contributed by atoms with Gasteiger partial charge >= 0.3 is 0 Å². The summed E-state index contributed by atoms with van der Waals surface area (Å²) >= 11 is 0. The second kappa shape index (κ2) is 4.66. The summed E-state index contributed by atoms with van der Waals surface area (Å²) in [6.07, 6.45) is 7.06. The van der Waals surface area contributed by atoms with E-state index in [-0.39, 0.29) is 5.79 Å². The van der Waals surface area contributed by atoms with Crippen LogP contribution in [0.15, 0.2) is 0 Å². The molecule has 2 nitrogen and oxygen atoms in total. The molecule has 0 atom stereocenters. The fraction of sp³-hybridized carbons (Fsp3) is 1.00. The topological polar surface area (TPSA) is 18.5 Å². The molecule has 1 saturated heterocycles. The van der Waals surface area contributed by atoms with Crippen LogP contribution in [0, 0.1) is 11.3 Å². The lowest BCUT2D eigenvalue weighted by molar-refractivity contribution is -0.285. The van der Waals surface area contributed by atoms with Crippen LogP contribution in [0.4, 0.5) is 0 Å². The highest BCUT2D eigenvalue weighted by atomic mass is 16.7. The van der Waals surface area contributed by atoms with Crippen LogP contribution in [-0.2, 0) is 9.47 Å². The predicted molar refractivity (Wildman–Crippen MR) is 65.3 cm³/mol. The molecule has 94 valence electrons. The van der Waals surface area contributed by atoms with Crippen LogP contribution in [0.25, 0.3) is 0 Å². The average Bonchev–Trinajstić information content (AvgIpc) is 2.31. The van der Waals surface area contributed by atoms with Crippen molar-refractivity contribution in [2.24, 2.45) is 11.3 Å². The van der Waals surface area contributed by atoms with Crippen molar-refractivity contribution in [1.29, 1.82) is 0 Å². The first-order valence-electron chi connectivity index (χ1n) is 6.86. The summed E-state index contributed by atoms with van der Waals surface area (Å²) in [5.74, 6) is 0.649. The molecule has 0 unspecified atom stereocenters. The second-order valence-corrected chi connectivity index (χ2v) is 6.08. The van der Waals surface area contributed by atoms with E-state index < -0.39 is 0 Å². The van der Waals surface area contributed by atoms with Crippen LogP contribution in [0.1, 0.15) is 59.3 Å². The molecule has 1 spiro atoms. The molecule has 2 fully saturated rings. The van der Waals surface area contributed by atoms with Crippen molar-refractivity contribution in [3.63, 3.8) is 0 Å². The van der Waals surface area contributed by atoms with Gasteiger partial charge in [-0.2, -0.15) is 0 Å². The Morgan fingerprint density at radius 1 is 1.12 bits per heavy atom. The summed E-state index contributed by atoms with van der Waals surface area (Å²) in [5.41, 5.74) is 0.482. The fourth-order valence-corrected chi connectivity index (χ4v) is 3.03. The van der Waals surface area contributed by atoms with Gasteiger partial charge in [0.2, 0.25) is 0 Å². The fourth-order valence-electron chi connectivity index (χ4n) is 3.03. The maximum Gasteiger partial charge on any atom is 0.168 e. The normalized spacial score (nSPS) is 27.2. The van der Waals surface area contributed by atoms with Crippen LogP contribution in [0.3, 0.4) is 0 Å². The van der Waals surface area contributed by atoms with Gasteiger partial charge in [0.25, 0.3) is 0 Å². The number of ether oxygens (including phenoxy) is 2. The minimum atomic E-state index is -0.196. The molecule has 1 heterocycles. The zero-order chi connectivity index (χ0) is 11.6. The van der Waals surface area contributed by atoms with Gasteiger partial charge in [0.05, 0.1) is 13.2 Å². The Balaban J connectivity index is 1.91. The highest BCUT2D eigenvalue weighted by Crippen LogP contribution is 2.45. The van der Waals surface area contributed by atoms with Gasteiger partial charge in [-0.3, -0.25) is 0 Å². The summed E-state index contributed by atoms with van der Waals surface area (Å²) in [7, 11) is 0. The lowest BCUT2D eigenvalue weighted by Crippen LogP contribution is -2.45. The van der Waals surface area contributed by atoms with Crippen molar-refractivity contribution in [2.75, 3.05) is 13.2 Å². The van der Waals surface area contributed by atoms with Crippen molar-refractivity contribution in [1.82, 2.24) is 0 Å². The largest absolute Gasteiger partial charge is 0.350 e. The zero-order valence-electron chi connectivity index (χ0n) is 11.1. The Labute approximate surface area is 99.7 Å². The number of rotatable bonds is 2. The quantitative estimate of drug-likeness (QED) is 0.714. The average molecular weight is 226 g/mol. The highest BCUT2D eigenvalue weighted by molar-refractivity contribution is 4.87. The Hall–Kier alpha value is -0.0800. The van der Waals surface area contributed by atoms with Crippen molar-refractivity contribution < 1.29 is 9.47 Å². The Morgan fingerprint density at radius 2 is 1.69 bits per heavy atom. The summed E-state index contributed by atoms with van der Waals surface area (Å²) in [5, 5.41) is 0. The molecule has 1 saturated carbocycles. The first kappa shape index (κ1) is 12.4. The third-order valence-electron chi connectivity index (χ3n) is 4.78. The van der Waals surface area contributed by atoms with Gasteiger partial charge in [-0.1, -0.05) is 27.2 Å². The molecular weight excluding hydrogens is 200 g/mol. The van der Waals surface area contributed by atoms with Crippen molar-refractivity contribution >= 4 is 0 Å². The molecule has 0 bridgehead atoms. The number of hydrogen-bond donors (Lipinski definition) is 0. The van der Waals surface area contributed by atoms with E-state index in [4.69, 9.17) is 9.47 Å². The SMILES string of the molecule is CCC(C)(C)C1CCC2(CC1)OCCCO2. The molecule has 0 aromatic rings. The molecule has 0 radical (unpaired) electrons. The molecule has 2 aliphatic rings.